The first-order chi connectivity index (χ1) is 22.5. The summed E-state index contributed by atoms with van der Waals surface area (Å²) >= 11 is 2.74. The van der Waals surface area contributed by atoms with E-state index >= 15 is 0 Å². The summed E-state index contributed by atoms with van der Waals surface area (Å²) in [5.74, 6) is -3.31. The highest BCUT2D eigenvalue weighted by Crippen LogP contribution is 2.42. The van der Waals surface area contributed by atoms with Crippen molar-refractivity contribution >= 4 is 59.0 Å². The average Bonchev–Trinajstić information content (AvgIpc) is 3.08. The summed E-state index contributed by atoms with van der Waals surface area (Å²) in [6, 6.07) is 13.1. The number of nitrogens with two attached hydrogens (primary N) is 1. The number of aliphatic carboxylic acids is 1. The zero-order chi connectivity index (χ0) is 33.6. The first-order valence-electron chi connectivity index (χ1n) is 14.8. The van der Waals surface area contributed by atoms with Crippen molar-refractivity contribution in [2.24, 2.45) is 5.73 Å². The van der Waals surface area contributed by atoms with Crippen molar-refractivity contribution in [3.63, 3.8) is 0 Å². The number of benzene rings is 2. The van der Waals surface area contributed by atoms with Gasteiger partial charge in [-0.25, -0.2) is 4.79 Å². The summed E-state index contributed by atoms with van der Waals surface area (Å²) < 4.78 is 0. The highest BCUT2D eigenvalue weighted by Gasteiger charge is 2.55. The molecule has 0 saturated carbocycles. The van der Waals surface area contributed by atoms with Gasteiger partial charge in [-0.2, -0.15) is 0 Å². The molecule has 2 aromatic carbocycles. The molecule has 4 heterocycles. The lowest BCUT2D eigenvalue weighted by atomic mass is 9.99. The van der Waals surface area contributed by atoms with Gasteiger partial charge in [0, 0.05) is 11.5 Å². The molecule has 47 heavy (non-hydrogen) atoms. The zero-order valence-electron chi connectivity index (χ0n) is 25.3. The lowest BCUT2D eigenvalue weighted by Gasteiger charge is -2.50. The van der Waals surface area contributed by atoms with E-state index in [1.165, 1.54) is 33.3 Å². The van der Waals surface area contributed by atoms with Gasteiger partial charge in [0.15, 0.2) is 0 Å². The molecule has 6 N–H and O–H groups in total. The third kappa shape index (κ3) is 5.79. The molecule has 4 aliphatic heterocycles. The van der Waals surface area contributed by atoms with E-state index in [1.807, 2.05) is 0 Å². The monoisotopic (exact) mass is 676 g/mol. The summed E-state index contributed by atoms with van der Waals surface area (Å²) in [5.41, 5.74) is 8.34. The second-order valence-corrected chi connectivity index (χ2v) is 13.8. The maximum atomic E-state index is 13.9. The lowest BCUT2D eigenvalue weighted by Crippen LogP contribution is -2.72. The Morgan fingerprint density at radius 2 is 1.23 bits per heavy atom. The van der Waals surface area contributed by atoms with Gasteiger partial charge in [-0.15, -0.1) is 23.5 Å². The number of thioether (sulfide) groups is 2. The van der Waals surface area contributed by atoms with Gasteiger partial charge in [-0.05, 0) is 36.1 Å². The Kier molecular flexibility index (Phi) is 8.87. The quantitative estimate of drug-likeness (QED) is 0.239. The van der Waals surface area contributed by atoms with E-state index in [-0.39, 0.29) is 11.4 Å². The number of rotatable bonds is 9. The largest absolute Gasteiger partial charge is 0.477 e. The van der Waals surface area contributed by atoms with Crippen LogP contribution in [0.1, 0.15) is 37.1 Å². The number of carbonyl (C=O) groups is 6. The molecule has 2 saturated heterocycles. The van der Waals surface area contributed by atoms with E-state index in [9.17, 15) is 33.9 Å². The van der Waals surface area contributed by atoms with Gasteiger partial charge in [-0.3, -0.25) is 33.8 Å². The van der Waals surface area contributed by atoms with Crippen LogP contribution in [0.3, 0.4) is 0 Å². The minimum absolute atomic E-state index is 0.0833. The second kappa shape index (κ2) is 12.9. The molecule has 0 bridgehead atoms. The van der Waals surface area contributed by atoms with Crippen LogP contribution in [0, 0.1) is 0 Å². The van der Waals surface area contributed by atoms with Crippen LogP contribution in [0.5, 0.6) is 0 Å². The summed E-state index contributed by atoms with van der Waals surface area (Å²) in [6.07, 6.45) is 0. The third-order valence-electron chi connectivity index (χ3n) is 8.44. The van der Waals surface area contributed by atoms with Gasteiger partial charge in [0.2, 0.25) is 11.8 Å². The van der Waals surface area contributed by atoms with Crippen molar-refractivity contribution in [1.82, 2.24) is 25.8 Å². The van der Waals surface area contributed by atoms with Crippen LogP contribution in [-0.2, 0) is 28.8 Å². The Labute approximate surface area is 278 Å². The minimum Gasteiger partial charge on any atom is -0.477 e. The predicted octanol–water partition coefficient (Wildman–Crippen LogP) is 0.976. The molecule has 0 aliphatic carbocycles. The molecule has 4 unspecified atom stereocenters. The standard InChI is InChI=1S/C32H32N6O7S2/c1-15-13-46-30-21(35-25(39)19(33)17-9-5-3-6-10-17)28(42)37(30)23(15)27(41)34-20(18-11-7-4-8-12-18)26(40)36-22-29(43)38-24(32(44)45)16(2)14-47-31(22)38/h3-12,19-22,30-31H,13-14,33H2,1-2H3,(H,34,41)(H,35,39)(H,36,40)(H,44,45)/t19-,20-,21?,22?,30?,31?/m1/s1. The molecule has 0 aromatic heterocycles. The molecule has 2 aromatic rings. The van der Waals surface area contributed by atoms with Crippen molar-refractivity contribution in [1.29, 1.82) is 0 Å². The fourth-order valence-corrected chi connectivity index (χ4v) is 8.59. The smallest absolute Gasteiger partial charge is 0.352 e. The van der Waals surface area contributed by atoms with Gasteiger partial charge < -0.3 is 26.8 Å². The number of amides is 5. The highest BCUT2D eigenvalue weighted by atomic mass is 32.2. The van der Waals surface area contributed by atoms with E-state index in [2.05, 4.69) is 16.0 Å². The summed E-state index contributed by atoms with van der Waals surface area (Å²) in [4.78, 5) is 81.2. The van der Waals surface area contributed by atoms with Gasteiger partial charge >= 0.3 is 5.97 Å². The van der Waals surface area contributed by atoms with Crippen molar-refractivity contribution < 1.29 is 33.9 Å². The predicted molar refractivity (Wildman–Crippen MR) is 174 cm³/mol. The molecule has 6 atom stereocenters. The highest BCUT2D eigenvalue weighted by molar-refractivity contribution is 8.00. The van der Waals surface area contributed by atoms with E-state index < -0.39 is 70.4 Å². The van der Waals surface area contributed by atoms with Crippen molar-refractivity contribution in [2.45, 2.75) is 48.8 Å². The van der Waals surface area contributed by atoms with E-state index in [0.29, 0.717) is 33.8 Å². The molecular formula is C32H32N6O7S2. The van der Waals surface area contributed by atoms with Gasteiger partial charge in [0.25, 0.3) is 17.7 Å². The van der Waals surface area contributed by atoms with Crippen LogP contribution in [0.25, 0.3) is 0 Å². The number of fused-ring (bicyclic) bond motifs is 2. The maximum absolute atomic E-state index is 13.9. The number of carboxylic acid groups (broad SMARTS) is 1. The van der Waals surface area contributed by atoms with Gasteiger partial charge in [-0.1, -0.05) is 60.7 Å². The van der Waals surface area contributed by atoms with E-state index in [4.69, 9.17) is 5.73 Å². The van der Waals surface area contributed by atoms with E-state index in [1.54, 1.807) is 74.5 Å². The molecule has 5 amide bonds. The zero-order valence-corrected chi connectivity index (χ0v) is 27.0. The first-order valence-corrected chi connectivity index (χ1v) is 16.9. The van der Waals surface area contributed by atoms with Crippen LogP contribution in [-0.4, -0.2) is 84.7 Å². The van der Waals surface area contributed by atoms with E-state index in [0.717, 1.165) is 0 Å². The average molecular weight is 677 g/mol. The Balaban J connectivity index is 1.17. The summed E-state index contributed by atoms with van der Waals surface area (Å²) in [5, 5.41) is 16.7. The molecule has 0 radical (unpaired) electrons. The van der Waals surface area contributed by atoms with Gasteiger partial charge in [0.05, 0.1) is 0 Å². The molecule has 4 aliphatic rings. The first kappa shape index (κ1) is 32.3. The van der Waals surface area contributed by atoms with Crippen molar-refractivity contribution in [3.05, 3.63) is 94.3 Å². The minimum atomic E-state index is -1.24. The Bertz CT molecular complexity index is 1730. The fraction of sp³-hybridized carbons (Fsp3) is 0.312. The number of hydrogen-bond acceptors (Lipinski definition) is 9. The van der Waals surface area contributed by atoms with Crippen molar-refractivity contribution in [3.8, 4) is 0 Å². The number of nitrogens with one attached hydrogen (secondary N) is 3. The molecule has 15 heteroatoms. The maximum Gasteiger partial charge on any atom is 0.352 e. The Morgan fingerprint density at radius 1 is 0.766 bits per heavy atom. The number of hydrogen-bond donors (Lipinski definition) is 5. The number of nitrogens with zero attached hydrogens (tertiary/aromatic N) is 2. The van der Waals surface area contributed by atoms with Crippen LogP contribution in [0.2, 0.25) is 0 Å². The third-order valence-corrected chi connectivity index (χ3v) is 11.3. The van der Waals surface area contributed by atoms with Crippen LogP contribution in [0.4, 0.5) is 0 Å². The van der Waals surface area contributed by atoms with Gasteiger partial charge in [0.1, 0.15) is 46.3 Å². The topological polar surface area (TPSA) is 191 Å². The Hall–Kier alpha value is -4.60. The van der Waals surface area contributed by atoms with Crippen LogP contribution >= 0.6 is 23.5 Å². The lowest BCUT2D eigenvalue weighted by molar-refractivity contribution is -0.151. The summed E-state index contributed by atoms with van der Waals surface area (Å²) in [7, 11) is 0. The number of β-lactam (4-membered cyclic amide) rings is 2. The summed E-state index contributed by atoms with van der Waals surface area (Å²) in [6.45, 7) is 3.37. The Morgan fingerprint density at radius 3 is 1.77 bits per heavy atom. The molecule has 6 rings (SSSR count). The van der Waals surface area contributed by atoms with Crippen molar-refractivity contribution in [2.75, 3.05) is 11.5 Å². The van der Waals surface area contributed by atoms with Crippen LogP contribution < -0.4 is 21.7 Å². The molecule has 13 nitrogen and oxygen atoms in total. The SMILES string of the molecule is CC1=C(C(=O)O)N2C(=O)C(NC(=O)[C@H](NC(=O)C3=C(C)CSC4C(NC(=O)[C@H](N)c5ccccc5)C(=O)N34)c3ccccc3)C2SC1. The number of carbonyl (C=O) groups excluding carboxylic acids is 5. The number of carboxylic acids is 1. The molecule has 0 spiro atoms. The molecule has 244 valence electrons. The van der Waals surface area contributed by atoms with Crippen LogP contribution in [0.15, 0.2) is 83.2 Å². The molecule has 2 fully saturated rings. The normalized spacial score (nSPS) is 24.7. The fourth-order valence-electron chi connectivity index (χ4n) is 6.00. The molecular weight excluding hydrogens is 645 g/mol. The second-order valence-electron chi connectivity index (χ2n) is 11.6.